The molecule has 4 aromatic carbocycles. The molecular weight excluding hydrogens is 726 g/mol. The summed E-state index contributed by atoms with van der Waals surface area (Å²) in [4.78, 5) is 39.1. The summed E-state index contributed by atoms with van der Waals surface area (Å²) in [6.45, 7) is 0.829. The highest BCUT2D eigenvalue weighted by molar-refractivity contribution is 8.13. The van der Waals surface area contributed by atoms with Crippen molar-refractivity contribution in [3.8, 4) is 5.75 Å². The third kappa shape index (κ3) is 10.1. The van der Waals surface area contributed by atoms with Crippen LogP contribution in [0.2, 0.25) is 0 Å². The molecule has 0 unspecified atom stereocenters. The van der Waals surface area contributed by atoms with Crippen molar-refractivity contribution >= 4 is 49.9 Å². The van der Waals surface area contributed by atoms with Crippen molar-refractivity contribution in [1.82, 2.24) is 0 Å². The molecule has 2 N–H and O–H groups in total. The number of halogens is 1. The van der Waals surface area contributed by atoms with Crippen LogP contribution in [0.5, 0.6) is 5.75 Å². The molecule has 9 nitrogen and oxygen atoms in total. The predicted octanol–water partition coefficient (Wildman–Crippen LogP) is 3.81. The van der Waals surface area contributed by atoms with Crippen molar-refractivity contribution in [2.24, 2.45) is 0 Å². The zero-order valence-corrected chi connectivity index (χ0v) is 29.8. The van der Waals surface area contributed by atoms with E-state index in [9.17, 15) is 22.8 Å². The van der Waals surface area contributed by atoms with Crippen LogP contribution in [-0.4, -0.2) is 32.5 Å². The normalized spacial score (nSPS) is 10.8. The highest BCUT2D eigenvalue weighted by atomic mass is 79.9. The van der Waals surface area contributed by atoms with Crippen LogP contribution in [0.1, 0.15) is 40.0 Å². The Balaban J connectivity index is 0.00000541. The largest absolute Gasteiger partial charge is 1.00 e. The molecule has 0 fully saturated rings. The molecule has 0 aliphatic heterocycles. The fraction of sp³-hybridized carbons (Fsp3) is 0.135. The van der Waals surface area contributed by atoms with Crippen LogP contribution < -0.4 is 36.9 Å². The topological polar surface area (TPSA) is 123 Å². The summed E-state index contributed by atoms with van der Waals surface area (Å²) in [6, 6.07) is 31.2. The first-order valence-electron chi connectivity index (χ1n) is 15.2. The average molecular weight is 761 g/mol. The molecular formula is C37H34BrN3O6S2. The molecule has 0 aliphatic carbocycles. The van der Waals surface area contributed by atoms with Crippen LogP contribution in [0.15, 0.2) is 142 Å². The Bertz CT molecular complexity index is 1990. The van der Waals surface area contributed by atoms with Gasteiger partial charge in [0.1, 0.15) is 12.3 Å². The maximum Gasteiger partial charge on any atom is 0.256 e. The van der Waals surface area contributed by atoms with Crippen LogP contribution in [0.3, 0.4) is 0 Å². The van der Waals surface area contributed by atoms with E-state index >= 15 is 0 Å². The van der Waals surface area contributed by atoms with E-state index in [-0.39, 0.29) is 37.8 Å². The van der Waals surface area contributed by atoms with Gasteiger partial charge in [-0.15, -0.1) is 0 Å². The lowest BCUT2D eigenvalue weighted by molar-refractivity contribution is -0.697. The number of sulfone groups is 1. The summed E-state index contributed by atoms with van der Waals surface area (Å²) >= 11 is 1.05. The molecule has 1 aromatic heterocycles. The number of hydrogen-bond donors (Lipinski definition) is 2. The average Bonchev–Trinajstić information content (AvgIpc) is 3.11. The maximum atomic E-state index is 13.3. The monoisotopic (exact) mass is 759 g/mol. The lowest BCUT2D eigenvalue weighted by atomic mass is 10.2. The highest BCUT2D eigenvalue weighted by Gasteiger charge is 2.19. The summed E-state index contributed by atoms with van der Waals surface area (Å²) in [5.41, 5.74) is 1.63. The minimum Gasteiger partial charge on any atom is -1.00 e. The Labute approximate surface area is 300 Å². The Morgan fingerprint density at radius 2 is 1.27 bits per heavy atom. The third-order valence-electron chi connectivity index (χ3n) is 7.38. The number of thioether (sulfide) groups is 1. The number of ether oxygens (including phenoxy) is 1. The summed E-state index contributed by atoms with van der Waals surface area (Å²) in [6.07, 6.45) is 5.98. The number of nitrogens with zero attached hydrogens (tertiary/aromatic N) is 1. The second kappa shape index (κ2) is 17.6. The first kappa shape index (κ1) is 37.0. The van der Waals surface area contributed by atoms with Crippen molar-refractivity contribution in [1.29, 1.82) is 0 Å². The molecule has 5 rings (SSSR count). The number of anilines is 2. The second-order valence-corrected chi connectivity index (χ2v) is 13.8. The molecule has 0 saturated carbocycles. The predicted molar refractivity (Wildman–Crippen MR) is 185 cm³/mol. The fourth-order valence-corrected chi connectivity index (χ4v) is 6.95. The van der Waals surface area contributed by atoms with Gasteiger partial charge in [-0.2, -0.15) is 0 Å². The van der Waals surface area contributed by atoms with E-state index in [2.05, 4.69) is 15.2 Å². The molecule has 0 saturated heterocycles. The zero-order valence-electron chi connectivity index (χ0n) is 26.5. The van der Waals surface area contributed by atoms with Gasteiger partial charge in [0.05, 0.1) is 22.5 Å². The number of amides is 2. The van der Waals surface area contributed by atoms with Gasteiger partial charge in [-0.3, -0.25) is 14.4 Å². The Hall–Kier alpha value is -4.78. The number of pyridine rings is 1. The number of unbranched alkanes of at least 4 members (excludes halogenated alkanes) is 1. The van der Waals surface area contributed by atoms with E-state index < -0.39 is 15.7 Å². The second-order valence-electron chi connectivity index (χ2n) is 10.7. The lowest BCUT2D eigenvalue weighted by Gasteiger charge is -2.11. The van der Waals surface area contributed by atoms with Crippen molar-refractivity contribution < 1.29 is 49.1 Å². The van der Waals surface area contributed by atoms with Crippen molar-refractivity contribution in [2.75, 3.05) is 17.7 Å². The van der Waals surface area contributed by atoms with Gasteiger partial charge in [0.25, 0.3) is 11.8 Å². The van der Waals surface area contributed by atoms with Gasteiger partial charge in [0.2, 0.25) is 9.84 Å². The number of rotatable bonds is 13. The highest BCUT2D eigenvalue weighted by Crippen LogP contribution is 2.27. The molecule has 0 spiro atoms. The van der Waals surface area contributed by atoms with Crippen LogP contribution in [-0.2, 0) is 21.2 Å². The number of aryl methyl sites for hydroxylation is 1. The summed E-state index contributed by atoms with van der Waals surface area (Å²) in [5, 5.41) is 5.53. The van der Waals surface area contributed by atoms with E-state index in [0.29, 0.717) is 39.6 Å². The number of methoxy groups -OCH3 is 1. The lowest BCUT2D eigenvalue weighted by Crippen LogP contribution is -3.00. The fourth-order valence-electron chi connectivity index (χ4n) is 4.78. The number of carbonyl (C=O) groups is 3. The zero-order chi connectivity index (χ0) is 33.9. The van der Waals surface area contributed by atoms with E-state index in [0.717, 1.165) is 31.1 Å². The molecule has 0 bridgehead atoms. The van der Waals surface area contributed by atoms with E-state index in [1.54, 1.807) is 55.6 Å². The van der Waals surface area contributed by atoms with E-state index in [4.69, 9.17) is 4.74 Å². The molecule has 252 valence electrons. The van der Waals surface area contributed by atoms with Crippen LogP contribution in [0.25, 0.3) is 0 Å². The number of hydrogen-bond acceptors (Lipinski definition) is 7. The Morgan fingerprint density at radius 3 is 1.86 bits per heavy atom. The molecule has 0 atom stereocenters. The first-order chi connectivity index (χ1) is 23.2. The van der Waals surface area contributed by atoms with Gasteiger partial charge in [-0.25, -0.2) is 13.0 Å². The van der Waals surface area contributed by atoms with Crippen LogP contribution in [0.4, 0.5) is 11.4 Å². The van der Waals surface area contributed by atoms with Crippen molar-refractivity contribution in [3.05, 3.63) is 139 Å². The SMILES string of the molecule is COc1ccc(C(=O)Nc2ccc(S(=O)(=O)c3ccc(NC(=O)c4ccccc4SC(=O)CCCC[n+]4ccccc4)cc3)cc2)cc1.[Br-]. The Morgan fingerprint density at radius 1 is 0.694 bits per heavy atom. The van der Waals surface area contributed by atoms with Crippen LogP contribution >= 0.6 is 11.8 Å². The van der Waals surface area contributed by atoms with Gasteiger partial charge < -0.3 is 32.4 Å². The van der Waals surface area contributed by atoms with Gasteiger partial charge in [0.15, 0.2) is 17.5 Å². The molecule has 0 aliphatic rings. The van der Waals surface area contributed by atoms with Gasteiger partial charge in [-0.05, 0) is 91.3 Å². The molecule has 0 radical (unpaired) electrons. The maximum absolute atomic E-state index is 13.3. The summed E-state index contributed by atoms with van der Waals surface area (Å²) in [5.74, 6) is -0.119. The minimum atomic E-state index is -3.87. The van der Waals surface area contributed by atoms with E-state index in [1.165, 1.54) is 48.5 Å². The number of carbonyl (C=O) groups excluding carboxylic acids is 3. The molecule has 49 heavy (non-hydrogen) atoms. The number of nitrogens with one attached hydrogen (secondary N) is 2. The quantitative estimate of drug-likeness (QED) is 0.106. The van der Waals surface area contributed by atoms with Gasteiger partial charge in [0, 0.05) is 46.8 Å². The summed E-state index contributed by atoms with van der Waals surface area (Å²) < 4.78 is 33.8. The van der Waals surface area contributed by atoms with Crippen LogP contribution in [0, 0.1) is 0 Å². The molecule has 5 aromatic rings. The molecule has 12 heteroatoms. The first-order valence-corrected chi connectivity index (χ1v) is 17.5. The number of aromatic nitrogens is 1. The smallest absolute Gasteiger partial charge is 0.256 e. The minimum absolute atomic E-state index is 0. The van der Waals surface area contributed by atoms with Gasteiger partial charge in [-0.1, -0.05) is 30.0 Å². The third-order valence-corrected chi connectivity index (χ3v) is 10.2. The van der Waals surface area contributed by atoms with Gasteiger partial charge >= 0.3 is 0 Å². The summed E-state index contributed by atoms with van der Waals surface area (Å²) in [7, 11) is -2.33. The van der Waals surface area contributed by atoms with Crippen molar-refractivity contribution in [3.63, 3.8) is 0 Å². The van der Waals surface area contributed by atoms with Crippen molar-refractivity contribution in [2.45, 2.75) is 40.5 Å². The van der Waals surface area contributed by atoms with E-state index in [1.807, 2.05) is 30.6 Å². The Kier molecular flexibility index (Phi) is 13.3. The number of benzene rings is 4. The molecule has 1 heterocycles. The standard InChI is InChI=1S/C37H33N3O6S2.BrH/c1-46-30-18-12-27(13-19-30)36(42)38-28-14-20-31(21-15-28)48(44,45)32-22-16-29(17-23-32)39-37(43)33-9-3-4-10-34(33)47-35(41)11-5-8-26-40-24-6-2-7-25-40;/h2-4,6-7,9-10,12-25H,5,8,11,26H2,1H3,(H-,38,39,42,43);1H. The molecule has 2 amide bonds.